The fourth-order valence-electron chi connectivity index (χ4n) is 1.70. The third-order valence-electron chi connectivity index (χ3n) is 2.86. The number of aryl methyl sites for hydroxylation is 1. The third-order valence-corrected chi connectivity index (χ3v) is 2.86. The molecule has 0 amide bonds. The monoisotopic (exact) mass is 321 g/mol. The molecule has 0 spiro atoms. The fourth-order valence-corrected chi connectivity index (χ4v) is 1.70. The van der Waals surface area contributed by atoms with Gasteiger partial charge < -0.3 is 14.9 Å². The Morgan fingerprint density at radius 1 is 1.17 bits per heavy atom. The van der Waals surface area contributed by atoms with Crippen LogP contribution in [0.3, 0.4) is 0 Å². The summed E-state index contributed by atoms with van der Waals surface area (Å²) in [6.45, 7) is 8.33. The Bertz CT molecular complexity index is 511. The number of nitrogens with two attached hydrogens (primary N) is 1. The van der Waals surface area contributed by atoms with E-state index >= 15 is 0 Å². The first-order valence-electron chi connectivity index (χ1n) is 8.01. The van der Waals surface area contributed by atoms with E-state index in [0.717, 1.165) is 29.8 Å². The zero-order chi connectivity index (χ0) is 17.7. The van der Waals surface area contributed by atoms with Gasteiger partial charge in [0.25, 0.3) is 0 Å². The van der Waals surface area contributed by atoms with Crippen molar-refractivity contribution >= 4 is 11.9 Å². The van der Waals surface area contributed by atoms with Crippen LogP contribution in [-0.2, 0) is 0 Å². The molecule has 0 atom stereocenters. The maximum absolute atomic E-state index is 5.46. The van der Waals surface area contributed by atoms with Crippen LogP contribution >= 0.6 is 0 Å². The fraction of sp³-hybridized carbons (Fsp3) is 0.500. The lowest BCUT2D eigenvalue weighted by molar-refractivity contribution is 0.355. The van der Waals surface area contributed by atoms with Crippen molar-refractivity contribution in [2.75, 3.05) is 14.2 Å². The number of benzene rings is 1. The van der Waals surface area contributed by atoms with Crippen molar-refractivity contribution in [3.63, 3.8) is 0 Å². The minimum Gasteiger partial charge on any atom is -0.493 e. The smallest absolute Gasteiger partial charge is 0.162 e. The van der Waals surface area contributed by atoms with Crippen LogP contribution in [0, 0.1) is 6.92 Å². The highest BCUT2D eigenvalue weighted by atomic mass is 16.5. The molecule has 0 radical (unpaired) electrons. The van der Waals surface area contributed by atoms with Crippen LogP contribution in [0.2, 0.25) is 0 Å². The van der Waals surface area contributed by atoms with Gasteiger partial charge in [-0.2, -0.15) is 0 Å². The van der Waals surface area contributed by atoms with Crippen molar-refractivity contribution in [2.24, 2.45) is 10.8 Å². The second-order valence-electron chi connectivity index (χ2n) is 5.05. The predicted octanol–water partition coefficient (Wildman–Crippen LogP) is 4.28. The van der Waals surface area contributed by atoms with Crippen molar-refractivity contribution in [3.8, 4) is 11.5 Å². The molecule has 0 fully saturated rings. The van der Waals surface area contributed by atoms with E-state index in [2.05, 4.69) is 31.2 Å². The third kappa shape index (κ3) is 7.70. The predicted molar refractivity (Wildman–Crippen MR) is 98.7 cm³/mol. The molecule has 1 rings (SSSR count). The molecule has 130 valence electrons. The van der Waals surface area contributed by atoms with Crippen LogP contribution in [0.5, 0.6) is 11.5 Å². The van der Waals surface area contributed by atoms with E-state index < -0.39 is 0 Å². The molecule has 0 aliphatic heterocycles. The number of hydrogen-bond acceptors (Lipinski definition) is 5. The molecule has 0 heterocycles. The number of unbranched alkanes of at least 4 members (excludes halogenated alkanes) is 1. The van der Waals surface area contributed by atoms with E-state index in [1.54, 1.807) is 20.4 Å². The molecule has 5 nitrogen and oxygen atoms in total. The minimum atomic E-state index is 0.657. The van der Waals surface area contributed by atoms with E-state index in [-0.39, 0.29) is 0 Å². The van der Waals surface area contributed by atoms with Gasteiger partial charge in [-0.1, -0.05) is 39.7 Å². The van der Waals surface area contributed by atoms with E-state index in [4.69, 9.17) is 15.3 Å². The Morgan fingerprint density at radius 3 is 2.22 bits per heavy atom. The van der Waals surface area contributed by atoms with Gasteiger partial charge in [-0.15, -0.1) is 0 Å². The number of ether oxygens (including phenoxy) is 2. The van der Waals surface area contributed by atoms with E-state index in [1.807, 2.05) is 25.1 Å². The second-order valence-corrected chi connectivity index (χ2v) is 5.05. The summed E-state index contributed by atoms with van der Waals surface area (Å²) in [5.41, 5.74) is 5.25. The summed E-state index contributed by atoms with van der Waals surface area (Å²) < 4.78 is 10.5. The Kier molecular flexibility index (Phi) is 11.4. The normalized spacial score (nSPS) is 11.0. The molecular weight excluding hydrogens is 290 g/mol. The maximum Gasteiger partial charge on any atom is 0.162 e. The lowest BCUT2D eigenvalue weighted by atomic mass is 10.2. The number of nitrogens with zero attached hydrogens (tertiary/aromatic N) is 1. The van der Waals surface area contributed by atoms with Gasteiger partial charge >= 0.3 is 0 Å². The van der Waals surface area contributed by atoms with Crippen LogP contribution in [0.15, 0.2) is 28.9 Å². The van der Waals surface area contributed by atoms with Crippen molar-refractivity contribution in [1.29, 1.82) is 0 Å². The summed E-state index contributed by atoms with van der Waals surface area (Å²) in [5, 5.41) is 0. The van der Waals surface area contributed by atoms with Crippen LogP contribution in [0.25, 0.3) is 0 Å². The summed E-state index contributed by atoms with van der Waals surface area (Å²) in [7, 11) is 3.22. The van der Waals surface area contributed by atoms with Gasteiger partial charge in [0.15, 0.2) is 11.5 Å². The number of aliphatic imine (C=N–C) groups is 1. The molecule has 0 aliphatic carbocycles. The summed E-state index contributed by atoms with van der Waals surface area (Å²) in [6, 6.07) is 3.75. The average molecular weight is 321 g/mol. The summed E-state index contributed by atoms with van der Waals surface area (Å²) in [5.74, 6) is 6.82. The van der Waals surface area contributed by atoms with Gasteiger partial charge in [-0.3, -0.25) is 10.8 Å². The maximum atomic E-state index is 5.46. The van der Waals surface area contributed by atoms with Crippen LogP contribution in [-0.4, -0.2) is 20.4 Å². The van der Waals surface area contributed by atoms with E-state index in [9.17, 15) is 0 Å². The molecule has 3 N–H and O–H groups in total. The average Bonchev–Trinajstić information content (AvgIpc) is 2.56. The van der Waals surface area contributed by atoms with Gasteiger partial charge in [-0.25, -0.2) is 0 Å². The minimum absolute atomic E-state index is 0.657. The highest BCUT2D eigenvalue weighted by molar-refractivity contribution is 5.81. The van der Waals surface area contributed by atoms with Gasteiger partial charge in [0.2, 0.25) is 0 Å². The summed E-state index contributed by atoms with van der Waals surface area (Å²) >= 11 is 0. The number of hydrazine groups is 1. The molecule has 0 bridgehead atoms. The van der Waals surface area contributed by atoms with Crippen LogP contribution in [0.4, 0.5) is 5.69 Å². The largest absolute Gasteiger partial charge is 0.493 e. The van der Waals surface area contributed by atoms with Crippen LogP contribution in [0.1, 0.15) is 45.6 Å². The number of hydrogen-bond donors (Lipinski definition) is 2. The van der Waals surface area contributed by atoms with Gasteiger partial charge in [0.05, 0.1) is 31.8 Å². The first-order chi connectivity index (χ1) is 11.1. The van der Waals surface area contributed by atoms with Crippen molar-refractivity contribution < 1.29 is 9.47 Å². The summed E-state index contributed by atoms with van der Waals surface area (Å²) in [6.07, 6.45) is 6.99. The lowest BCUT2D eigenvalue weighted by Gasteiger charge is -2.10. The number of methoxy groups -OCH3 is 2. The highest BCUT2D eigenvalue weighted by Crippen LogP contribution is 2.34. The molecule has 1 aromatic rings. The molecular formula is C18H31N3O2. The molecule has 1 aromatic carbocycles. The zero-order valence-electron chi connectivity index (χ0n) is 15.3. The van der Waals surface area contributed by atoms with E-state index in [1.165, 1.54) is 6.42 Å². The first-order valence-corrected chi connectivity index (χ1v) is 8.01. The molecule has 0 saturated heterocycles. The summed E-state index contributed by atoms with van der Waals surface area (Å²) in [4.78, 5) is 4.44. The Morgan fingerprint density at radius 2 is 1.74 bits per heavy atom. The van der Waals surface area contributed by atoms with Gasteiger partial charge in [0.1, 0.15) is 0 Å². The Balaban J connectivity index is 0.00000149. The molecule has 0 unspecified atom stereocenters. The first kappa shape index (κ1) is 21.0. The molecule has 0 saturated carbocycles. The van der Waals surface area contributed by atoms with Crippen LogP contribution < -0.4 is 20.7 Å². The standard InChI is InChI=1S/C15H23N3O2.C3H8/c1-5-6-7-12(18-16)10-17-13-9-15(20-4)14(19-3)8-11(13)2;1-3-2/h7-10,18H,5-6,16H2,1-4H3;3H2,1-2H3/b12-7-,17-10?;. The van der Waals surface area contributed by atoms with Crippen molar-refractivity contribution in [3.05, 3.63) is 29.5 Å². The SMILES string of the molecule is CCC.CCC/C=C(/C=Nc1cc(OC)c(OC)cc1C)NN. The van der Waals surface area contributed by atoms with Gasteiger partial charge in [-0.05, 0) is 25.0 Å². The van der Waals surface area contributed by atoms with Crippen molar-refractivity contribution in [2.45, 2.75) is 47.0 Å². The Labute approximate surface area is 140 Å². The number of rotatable bonds is 7. The number of nitrogens with one attached hydrogen (secondary N) is 1. The lowest BCUT2D eigenvalue weighted by Crippen LogP contribution is -2.21. The molecule has 0 aliphatic rings. The molecule has 23 heavy (non-hydrogen) atoms. The zero-order valence-corrected chi connectivity index (χ0v) is 15.3. The topological polar surface area (TPSA) is 68.9 Å². The van der Waals surface area contributed by atoms with Crippen molar-refractivity contribution in [1.82, 2.24) is 5.43 Å². The Hall–Kier alpha value is -2.01. The van der Waals surface area contributed by atoms with Gasteiger partial charge in [0, 0.05) is 6.07 Å². The molecule has 5 heteroatoms. The quantitative estimate of drug-likeness (QED) is 0.447. The second kappa shape index (κ2) is 12.5. The highest BCUT2D eigenvalue weighted by Gasteiger charge is 2.07. The molecule has 0 aromatic heterocycles. The van der Waals surface area contributed by atoms with E-state index in [0.29, 0.717) is 11.5 Å². The number of allylic oxidation sites excluding steroid dienone is 2.